The second-order valence-corrected chi connectivity index (χ2v) is 7.12. The van der Waals surface area contributed by atoms with Crippen molar-refractivity contribution >= 4 is 28.5 Å². The number of unbranched alkanes of at least 4 members (excludes halogenated alkanes) is 1. The number of fused-ring (bicyclic) bond motifs is 1. The van der Waals surface area contributed by atoms with Gasteiger partial charge in [-0.25, -0.2) is 4.98 Å². The number of carbonyl (C=O) groups is 2. The molecule has 6 heteroatoms. The maximum atomic E-state index is 12.2. The number of nitrogens with one attached hydrogen (secondary N) is 3. The van der Waals surface area contributed by atoms with Gasteiger partial charge in [0, 0.05) is 30.6 Å². The lowest BCUT2D eigenvalue weighted by molar-refractivity contribution is -0.115. The van der Waals surface area contributed by atoms with E-state index in [4.69, 9.17) is 0 Å². The molecule has 2 aromatic carbocycles. The molecule has 0 aliphatic carbocycles. The van der Waals surface area contributed by atoms with Crippen LogP contribution >= 0.6 is 0 Å². The Balaban J connectivity index is 1.60. The third kappa shape index (κ3) is 5.67. The number of H-pyrrole nitrogens is 1. The van der Waals surface area contributed by atoms with Crippen molar-refractivity contribution in [1.29, 1.82) is 0 Å². The molecule has 2 amide bonds. The highest BCUT2D eigenvalue weighted by Crippen LogP contribution is 2.16. The van der Waals surface area contributed by atoms with Gasteiger partial charge < -0.3 is 15.6 Å². The van der Waals surface area contributed by atoms with Gasteiger partial charge >= 0.3 is 0 Å². The van der Waals surface area contributed by atoms with Crippen LogP contribution in [0.5, 0.6) is 0 Å². The lowest BCUT2D eigenvalue weighted by Gasteiger charge is -2.05. The second-order valence-electron chi connectivity index (χ2n) is 7.12. The number of imidazole rings is 1. The van der Waals surface area contributed by atoms with Crippen molar-refractivity contribution in [3.05, 3.63) is 59.4 Å². The fraction of sp³-hybridized carbons (Fsp3) is 0.348. The predicted molar refractivity (Wildman–Crippen MR) is 116 cm³/mol. The summed E-state index contributed by atoms with van der Waals surface area (Å²) < 4.78 is 0. The Hall–Kier alpha value is -3.15. The lowest BCUT2D eigenvalue weighted by Crippen LogP contribution is -2.24. The summed E-state index contributed by atoms with van der Waals surface area (Å²) in [6, 6.07) is 13.4. The van der Waals surface area contributed by atoms with Crippen LogP contribution in [0.4, 0.5) is 5.69 Å². The first-order valence-corrected chi connectivity index (χ1v) is 10.2. The molecule has 3 aromatic rings. The molecule has 0 spiro atoms. The van der Waals surface area contributed by atoms with Gasteiger partial charge in [0.25, 0.3) is 5.91 Å². The van der Waals surface area contributed by atoms with Crippen LogP contribution < -0.4 is 10.6 Å². The van der Waals surface area contributed by atoms with Gasteiger partial charge in [-0.3, -0.25) is 9.59 Å². The van der Waals surface area contributed by atoms with E-state index < -0.39 is 0 Å². The Bertz CT molecular complexity index is 976. The number of benzene rings is 2. The van der Waals surface area contributed by atoms with Gasteiger partial charge in [-0.05, 0) is 48.7 Å². The van der Waals surface area contributed by atoms with Crippen LogP contribution in [0.1, 0.15) is 54.9 Å². The zero-order valence-corrected chi connectivity index (χ0v) is 17.0. The molecule has 1 heterocycles. The summed E-state index contributed by atoms with van der Waals surface area (Å²) in [5.74, 6) is 0.858. The summed E-state index contributed by atoms with van der Waals surface area (Å²) in [5.41, 5.74) is 4.38. The fourth-order valence-corrected chi connectivity index (χ4v) is 3.07. The highest BCUT2D eigenvalue weighted by molar-refractivity contribution is 5.97. The maximum Gasteiger partial charge on any atom is 0.251 e. The Kier molecular flexibility index (Phi) is 7.00. The molecule has 3 rings (SSSR count). The standard InChI is InChI=1S/C23H28N4O2/c1-3-5-14-24-23(29)17-9-12-19-20(15-17)27-21(26-19)13-8-16-6-10-18(11-7-16)25-22(28)4-2/h6-7,9-12,15H,3-5,8,13-14H2,1-2H3,(H,24,29)(H,25,28)(H,26,27). The van der Waals surface area contributed by atoms with E-state index in [9.17, 15) is 9.59 Å². The van der Waals surface area contributed by atoms with E-state index in [-0.39, 0.29) is 11.8 Å². The van der Waals surface area contributed by atoms with Gasteiger partial charge in [-0.1, -0.05) is 32.4 Å². The first-order chi connectivity index (χ1) is 14.1. The van der Waals surface area contributed by atoms with Gasteiger partial charge in [-0.15, -0.1) is 0 Å². The number of carbonyl (C=O) groups excluding carboxylic acids is 2. The smallest absolute Gasteiger partial charge is 0.251 e. The van der Waals surface area contributed by atoms with Gasteiger partial charge in [0.05, 0.1) is 11.0 Å². The number of rotatable bonds is 9. The van der Waals surface area contributed by atoms with Gasteiger partial charge in [-0.2, -0.15) is 0 Å². The predicted octanol–water partition coefficient (Wildman–Crippen LogP) is 4.23. The molecule has 3 N–H and O–H groups in total. The Morgan fingerprint density at radius 3 is 2.55 bits per heavy atom. The Morgan fingerprint density at radius 1 is 1.03 bits per heavy atom. The molecular weight excluding hydrogens is 364 g/mol. The van der Waals surface area contributed by atoms with E-state index in [0.717, 1.165) is 48.2 Å². The van der Waals surface area contributed by atoms with Crippen molar-refractivity contribution in [2.45, 2.75) is 46.0 Å². The van der Waals surface area contributed by atoms with Crippen LogP contribution in [0.2, 0.25) is 0 Å². The van der Waals surface area contributed by atoms with Crippen LogP contribution in [-0.2, 0) is 17.6 Å². The summed E-state index contributed by atoms with van der Waals surface area (Å²) in [4.78, 5) is 31.6. The summed E-state index contributed by atoms with van der Waals surface area (Å²) in [5, 5.41) is 5.79. The number of amides is 2. The van der Waals surface area contributed by atoms with Crippen molar-refractivity contribution < 1.29 is 9.59 Å². The zero-order chi connectivity index (χ0) is 20.6. The van der Waals surface area contributed by atoms with Crippen LogP contribution in [0.3, 0.4) is 0 Å². The number of aromatic nitrogens is 2. The van der Waals surface area contributed by atoms with E-state index in [1.807, 2.05) is 49.4 Å². The third-order valence-electron chi connectivity index (χ3n) is 4.82. The quantitative estimate of drug-likeness (QED) is 0.476. The average molecular weight is 393 g/mol. The van der Waals surface area contributed by atoms with E-state index in [1.165, 1.54) is 5.56 Å². The van der Waals surface area contributed by atoms with E-state index in [1.54, 1.807) is 0 Å². The number of hydrogen-bond acceptors (Lipinski definition) is 3. The SMILES string of the molecule is CCCCNC(=O)c1ccc2nc(CCc3ccc(NC(=O)CC)cc3)[nH]c2c1. The van der Waals surface area contributed by atoms with Crippen LogP contribution in [0.15, 0.2) is 42.5 Å². The second kappa shape index (κ2) is 9.87. The molecule has 1 aromatic heterocycles. The summed E-state index contributed by atoms with van der Waals surface area (Å²) in [6.45, 7) is 4.63. The highest BCUT2D eigenvalue weighted by Gasteiger charge is 2.09. The number of nitrogens with zero attached hydrogens (tertiary/aromatic N) is 1. The highest BCUT2D eigenvalue weighted by atomic mass is 16.2. The largest absolute Gasteiger partial charge is 0.352 e. The minimum atomic E-state index is -0.0493. The van der Waals surface area contributed by atoms with E-state index in [2.05, 4.69) is 27.5 Å². The normalized spacial score (nSPS) is 10.8. The first kappa shape index (κ1) is 20.6. The molecule has 0 unspecified atom stereocenters. The summed E-state index contributed by atoms with van der Waals surface area (Å²) >= 11 is 0. The van der Waals surface area contributed by atoms with E-state index in [0.29, 0.717) is 18.5 Å². The maximum absolute atomic E-state index is 12.2. The molecule has 0 saturated heterocycles. The molecule has 29 heavy (non-hydrogen) atoms. The molecular formula is C23H28N4O2. The van der Waals surface area contributed by atoms with Crippen LogP contribution in [0.25, 0.3) is 11.0 Å². The third-order valence-corrected chi connectivity index (χ3v) is 4.82. The minimum absolute atomic E-state index is 0.0124. The van der Waals surface area contributed by atoms with E-state index >= 15 is 0 Å². The number of hydrogen-bond donors (Lipinski definition) is 3. The van der Waals surface area contributed by atoms with Gasteiger partial charge in [0.1, 0.15) is 5.82 Å². The lowest BCUT2D eigenvalue weighted by atomic mass is 10.1. The summed E-state index contributed by atoms with van der Waals surface area (Å²) in [7, 11) is 0. The molecule has 6 nitrogen and oxygen atoms in total. The molecule has 0 atom stereocenters. The van der Waals surface area contributed by atoms with Crippen molar-refractivity contribution in [3.63, 3.8) is 0 Å². The van der Waals surface area contributed by atoms with Crippen molar-refractivity contribution in [2.75, 3.05) is 11.9 Å². The zero-order valence-electron chi connectivity index (χ0n) is 17.0. The number of anilines is 1. The van der Waals surface area contributed by atoms with Gasteiger partial charge in [0.2, 0.25) is 5.91 Å². The molecule has 0 aliphatic rings. The number of aromatic amines is 1. The summed E-state index contributed by atoms with van der Waals surface area (Å²) in [6.07, 6.45) is 4.11. The van der Waals surface area contributed by atoms with Crippen molar-refractivity contribution in [2.24, 2.45) is 0 Å². The minimum Gasteiger partial charge on any atom is -0.352 e. The number of aryl methyl sites for hydroxylation is 2. The topological polar surface area (TPSA) is 86.9 Å². The molecule has 0 saturated carbocycles. The Labute approximate surface area is 171 Å². The van der Waals surface area contributed by atoms with Crippen LogP contribution in [0, 0.1) is 0 Å². The molecule has 0 radical (unpaired) electrons. The molecule has 152 valence electrons. The monoisotopic (exact) mass is 392 g/mol. The fourth-order valence-electron chi connectivity index (χ4n) is 3.07. The first-order valence-electron chi connectivity index (χ1n) is 10.2. The molecule has 0 bridgehead atoms. The molecule has 0 aliphatic heterocycles. The van der Waals surface area contributed by atoms with Crippen molar-refractivity contribution in [1.82, 2.24) is 15.3 Å². The Morgan fingerprint density at radius 2 is 1.83 bits per heavy atom. The molecule has 0 fully saturated rings. The van der Waals surface area contributed by atoms with Crippen LogP contribution in [-0.4, -0.2) is 28.3 Å². The van der Waals surface area contributed by atoms with Gasteiger partial charge in [0.15, 0.2) is 0 Å². The van der Waals surface area contributed by atoms with Crippen molar-refractivity contribution in [3.8, 4) is 0 Å². The average Bonchev–Trinajstić information content (AvgIpc) is 3.15.